The fourth-order valence-electron chi connectivity index (χ4n) is 0.816. The number of thiol groups is 1. The van der Waals surface area contributed by atoms with Gasteiger partial charge < -0.3 is 4.98 Å². The van der Waals surface area contributed by atoms with Gasteiger partial charge >= 0.3 is 4.87 Å². The van der Waals surface area contributed by atoms with Crippen LogP contribution in [0.2, 0.25) is 0 Å². The second-order valence-electron chi connectivity index (χ2n) is 2.74. The second kappa shape index (κ2) is 3.06. The van der Waals surface area contributed by atoms with E-state index in [4.69, 9.17) is 0 Å². The molecular weight excluding hydrogens is 192 g/mol. The van der Waals surface area contributed by atoms with E-state index in [1.807, 2.05) is 0 Å². The van der Waals surface area contributed by atoms with E-state index in [1.54, 1.807) is 6.21 Å². The average Bonchev–Trinajstić information content (AvgIpc) is 2.76. The predicted octanol–water partition coefficient (Wildman–Crippen LogP) is 1.31. The van der Waals surface area contributed by atoms with E-state index < -0.39 is 0 Å². The summed E-state index contributed by atoms with van der Waals surface area (Å²) in [5.74, 6) is 0. The molecule has 1 heterocycles. The molecule has 0 amide bonds. The average molecular weight is 200 g/mol. The van der Waals surface area contributed by atoms with Crippen molar-refractivity contribution in [2.75, 3.05) is 0 Å². The summed E-state index contributed by atoms with van der Waals surface area (Å²) in [5, 5.41) is 0.620. The molecule has 5 heteroatoms. The van der Waals surface area contributed by atoms with Gasteiger partial charge in [-0.3, -0.25) is 9.79 Å². The summed E-state index contributed by atoms with van der Waals surface area (Å²) in [5.41, 5.74) is 0. The predicted molar refractivity (Wildman–Crippen MR) is 52.8 cm³/mol. The Bertz CT molecular complexity index is 362. The SMILES string of the molecule is O=c1[nH]c(S)c(C=NC2CC2)s1. The first kappa shape index (κ1) is 8.07. The van der Waals surface area contributed by atoms with Crippen LogP contribution in [0.25, 0.3) is 0 Å². The molecule has 1 aliphatic rings. The molecule has 0 unspecified atom stereocenters. The summed E-state index contributed by atoms with van der Waals surface area (Å²) in [6, 6.07) is 0.495. The molecule has 0 saturated heterocycles. The quantitative estimate of drug-likeness (QED) is 0.548. The fourth-order valence-corrected chi connectivity index (χ4v) is 1.80. The number of aromatic amines is 1. The third-order valence-electron chi connectivity index (χ3n) is 1.61. The van der Waals surface area contributed by atoms with Crippen molar-refractivity contribution in [3.63, 3.8) is 0 Å². The number of hydrogen-bond acceptors (Lipinski definition) is 4. The number of aliphatic imine (C=N–C) groups is 1. The summed E-state index contributed by atoms with van der Waals surface area (Å²) in [6.45, 7) is 0. The van der Waals surface area contributed by atoms with E-state index in [0.29, 0.717) is 11.1 Å². The van der Waals surface area contributed by atoms with Crippen LogP contribution in [0.1, 0.15) is 17.7 Å². The Labute approximate surface area is 79.0 Å². The van der Waals surface area contributed by atoms with Gasteiger partial charge in [-0.1, -0.05) is 11.3 Å². The number of H-pyrrole nitrogens is 1. The highest BCUT2D eigenvalue weighted by Gasteiger charge is 2.19. The minimum atomic E-state index is -0.0720. The van der Waals surface area contributed by atoms with E-state index in [-0.39, 0.29) is 4.87 Å². The molecule has 12 heavy (non-hydrogen) atoms. The van der Waals surface area contributed by atoms with Crippen molar-refractivity contribution in [3.8, 4) is 0 Å². The number of rotatable bonds is 2. The van der Waals surface area contributed by atoms with Crippen molar-refractivity contribution in [1.82, 2.24) is 4.98 Å². The molecule has 0 spiro atoms. The van der Waals surface area contributed by atoms with Crippen molar-refractivity contribution in [3.05, 3.63) is 14.5 Å². The summed E-state index contributed by atoms with van der Waals surface area (Å²) in [7, 11) is 0. The summed E-state index contributed by atoms with van der Waals surface area (Å²) in [4.78, 5) is 18.4. The van der Waals surface area contributed by atoms with Gasteiger partial charge in [-0.05, 0) is 12.8 Å². The van der Waals surface area contributed by atoms with Crippen LogP contribution in [0.15, 0.2) is 14.8 Å². The molecular formula is C7H8N2OS2. The monoisotopic (exact) mass is 200 g/mol. The molecule has 2 rings (SSSR count). The first-order valence-corrected chi connectivity index (χ1v) is 4.97. The maximum atomic E-state index is 10.8. The van der Waals surface area contributed by atoms with Gasteiger partial charge in [0.1, 0.15) is 0 Å². The van der Waals surface area contributed by atoms with E-state index in [0.717, 1.165) is 16.2 Å². The highest BCUT2D eigenvalue weighted by Crippen LogP contribution is 2.23. The number of hydrogen-bond donors (Lipinski definition) is 2. The molecule has 0 atom stereocenters. The zero-order valence-corrected chi connectivity index (χ0v) is 7.99. The van der Waals surface area contributed by atoms with Crippen LogP contribution >= 0.6 is 24.0 Å². The lowest BCUT2D eigenvalue weighted by atomic mass is 10.6. The molecule has 0 aromatic carbocycles. The molecule has 1 aromatic heterocycles. The molecule has 1 fully saturated rings. The fraction of sp³-hybridized carbons (Fsp3) is 0.429. The van der Waals surface area contributed by atoms with Gasteiger partial charge in [-0.25, -0.2) is 0 Å². The molecule has 3 nitrogen and oxygen atoms in total. The minimum absolute atomic E-state index is 0.0720. The van der Waals surface area contributed by atoms with Gasteiger partial charge in [0.25, 0.3) is 0 Å². The molecule has 0 aliphatic heterocycles. The largest absolute Gasteiger partial charge is 0.307 e. The van der Waals surface area contributed by atoms with Crippen LogP contribution in [-0.2, 0) is 0 Å². The highest BCUT2D eigenvalue weighted by molar-refractivity contribution is 7.80. The molecule has 1 saturated carbocycles. The van der Waals surface area contributed by atoms with Gasteiger partial charge in [-0.2, -0.15) is 0 Å². The standard InChI is InChI=1S/C7H8N2OS2/c10-7-9-6(11)5(12-7)3-8-4-1-2-4/h3-4,11H,1-2H2,(H,9,10). The van der Waals surface area contributed by atoms with Crippen molar-refractivity contribution < 1.29 is 0 Å². The Morgan fingerprint density at radius 3 is 2.92 bits per heavy atom. The lowest BCUT2D eigenvalue weighted by Crippen LogP contribution is -1.89. The highest BCUT2D eigenvalue weighted by atomic mass is 32.1. The van der Waals surface area contributed by atoms with Gasteiger partial charge in [-0.15, -0.1) is 12.6 Å². The lowest BCUT2D eigenvalue weighted by Gasteiger charge is -1.85. The Morgan fingerprint density at radius 1 is 1.67 bits per heavy atom. The van der Waals surface area contributed by atoms with E-state index >= 15 is 0 Å². The third-order valence-corrected chi connectivity index (χ3v) is 2.93. The van der Waals surface area contributed by atoms with Crippen LogP contribution in [0.3, 0.4) is 0 Å². The lowest BCUT2D eigenvalue weighted by molar-refractivity contribution is 1.07. The summed E-state index contributed by atoms with van der Waals surface area (Å²) >= 11 is 5.25. The maximum absolute atomic E-state index is 10.8. The first-order chi connectivity index (χ1) is 5.75. The van der Waals surface area contributed by atoms with Crippen molar-refractivity contribution in [2.24, 2.45) is 4.99 Å². The second-order valence-corrected chi connectivity index (χ2v) is 4.20. The van der Waals surface area contributed by atoms with E-state index in [1.165, 1.54) is 12.8 Å². The molecule has 0 bridgehead atoms. The van der Waals surface area contributed by atoms with Gasteiger partial charge in [0.15, 0.2) is 0 Å². The molecule has 0 radical (unpaired) electrons. The van der Waals surface area contributed by atoms with Crippen LogP contribution in [0.5, 0.6) is 0 Å². The van der Waals surface area contributed by atoms with E-state index in [9.17, 15) is 4.79 Å². The number of thiazole rings is 1. The van der Waals surface area contributed by atoms with Crippen molar-refractivity contribution in [1.29, 1.82) is 0 Å². The van der Waals surface area contributed by atoms with Gasteiger partial charge in [0, 0.05) is 6.21 Å². The Morgan fingerprint density at radius 2 is 2.42 bits per heavy atom. The number of nitrogens with zero attached hydrogens (tertiary/aromatic N) is 1. The number of aromatic nitrogens is 1. The van der Waals surface area contributed by atoms with Gasteiger partial charge in [0.05, 0.1) is 15.9 Å². The van der Waals surface area contributed by atoms with Gasteiger partial charge in [0.2, 0.25) is 0 Å². The first-order valence-electron chi connectivity index (χ1n) is 3.71. The molecule has 1 N–H and O–H groups in total. The molecule has 1 aromatic rings. The van der Waals surface area contributed by atoms with E-state index in [2.05, 4.69) is 22.6 Å². The molecule has 1 aliphatic carbocycles. The van der Waals surface area contributed by atoms with Crippen molar-refractivity contribution >= 4 is 30.2 Å². The minimum Gasteiger partial charge on any atom is -0.307 e. The maximum Gasteiger partial charge on any atom is 0.305 e. The zero-order chi connectivity index (χ0) is 8.55. The topological polar surface area (TPSA) is 45.2 Å². The summed E-state index contributed by atoms with van der Waals surface area (Å²) in [6.07, 6.45) is 4.10. The van der Waals surface area contributed by atoms with Crippen molar-refractivity contribution in [2.45, 2.75) is 23.9 Å². The Hall–Kier alpha value is -0.550. The zero-order valence-electron chi connectivity index (χ0n) is 6.28. The summed E-state index contributed by atoms with van der Waals surface area (Å²) < 4.78 is 0. The Kier molecular flexibility index (Phi) is 2.06. The molecule has 64 valence electrons. The van der Waals surface area contributed by atoms with Crippen LogP contribution in [-0.4, -0.2) is 17.2 Å². The normalized spacial score (nSPS) is 17.4. The van der Waals surface area contributed by atoms with Crippen LogP contribution in [0.4, 0.5) is 0 Å². The van der Waals surface area contributed by atoms with Crippen LogP contribution in [0, 0.1) is 0 Å². The Balaban J connectivity index is 2.20. The number of nitrogens with one attached hydrogen (secondary N) is 1. The smallest absolute Gasteiger partial charge is 0.305 e. The third kappa shape index (κ3) is 1.78. The van der Waals surface area contributed by atoms with Crippen LogP contribution < -0.4 is 4.87 Å².